The van der Waals surface area contributed by atoms with Gasteiger partial charge in [0.05, 0.1) is 24.9 Å². The van der Waals surface area contributed by atoms with Crippen molar-refractivity contribution in [1.82, 2.24) is 24.1 Å². The minimum atomic E-state index is -0.559. The van der Waals surface area contributed by atoms with Crippen LogP contribution in [0.5, 0.6) is 0 Å². The topological polar surface area (TPSA) is 188 Å². The summed E-state index contributed by atoms with van der Waals surface area (Å²) in [6, 6.07) is 4.04. The number of ether oxygens (including phenoxy) is 2. The highest BCUT2D eigenvalue weighted by atomic mass is 32.1. The van der Waals surface area contributed by atoms with E-state index in [1.165, 1.54) is 17.2 Å². The van der Waals surface area contributed by atoms with Gasteiger partial charge in [0.2, 0.25) is 10.9 Å². The molecule has 3 aromatic rings. The van der Waals surface area contributed by atoms with Crippen LogP contribution in [-0.2, 0) is 14.3 Å². The van der Waals surface area contributed by atoms with Gasteiger partial charge in [0.25, 0.3) is 0 Å². The van der Waals surface area contributed by atoms with E-state index in [0.717, 1.165) is 17.6 Å². The number of hydrogen-bond donors (Lipinski definition) is 2. The number of nitrogens with one attached hydrogen (secondary N) is 2. The Hall–Kier alpha value is -4.73. The molecule has 0 bridgehead atoms. The van der Waals surface area contributed by atoms with Gasteiger partial charge >= 0.3 is 5.97 Å². The summed E-state index contributed by atoms with van der Waals surface area (Å²) < 4.78 is 15.5. The zero-order valence-electron chi connectivity index (χ0n) is 20.3. The van der Waals surface area contributed by atoms with Crippen LogP contribution in [0.2, 0.25) is 0 Å². The van der Waals surface area contributed by atoms with Crippen LogP contribution in [0.3, 0.4) is 0 Å². The van der Waals surface area contributed by atoms with Crippen molar-refractivity contribution < 1.29 is 14.3 Å². The first-order valence-corrected chi connectivity index (χ1v) is 11.6. The average Bonchev–Trinajstić information content (AvgIpc) is 3.56. The second-order valence-corrected chi connectivity index (χ2v) is 8.17. The maximum atomic E-state index is 11.4. The SMILES string of the molecule is C=CC(=O)OCCNc1nc(NC(C)COC)c(C#N)c(C)c1N=Nc1nn(-c2ncns2)cc1C#N. The molecule has 3 heterocycles. The maximum Gasteiger partial charge on any atom is 0.330 e. The van der Waals surface area contributed by atoms with E-state index < -0.39 is 5.97 Å². The van der Waals surface area contributed by atoms with E-state index in [9.17, 15) is 15.3 Å². The monoisotopic (exact) mass is 521 g/mol. The third-order valence-electron chi connectivity index (χ3n) is 4.74. The largest absolute Gasteiger partial charge is 0.461 e. The number of esters is 1. The van der Waals surface area contributed by atoms with Crippen molar-refractivity contribution in [3.05, 3.63) is 41.9 Å². The molecule has 14 nitrogen and oxygen atoms in total. The average molecular weight is 522 g/mol. The molecule has 0 aliphatic heterocycles. The molecule has 37 heavy (non-hydrogen) atoms. The Morgan fingerprint density at radius 2 is 2.16 bits per heavy atom. The molecule has 1 unspecified atom stereocenters. The second kappa shape index (κ2) is 12.8. The van der Waals surface area contributed by atoms with Crippen LogP contribution < -0.4 is 10.6 Å². The van der Waals surface area contributed by atoms with Gasteiger partial charge < -0.3 is 20.1 Å². The van der Waals surface area contributed by atoms with Gasteiger partial charge in [-0.25, -0.2) is 19.4 Å². The van der Waals surface area contributed by atoms with Crippen molar-refractivity contribution in [2.24, 2.45) is 10.2 Å². The number of pyridine rings is 1. The Morgan fingerprint density at radius 1 is 1.35 bits per heavy atom. The van der Waals surface area contributed by atoms with Crippen LogP contribution in [0, 0.1) is 29.6 Å². The number of aromatic nitrogens is 5. The molecule has 0 spiro atoms. The predicted molar refractivity (Wildman–Crippen MR) is 134 cm³/mol. The van der Waals surface area contributed by atoms with Crippen molar-refractivity contribution in [3.8, 4) is 17.3 Å². The molecule has 0 saturated carbocycles. The lowest BCUT2D eigenvalue weighted by molar-refractivity contribution is -0.137. The van der Waals surface area contributed by atoms with Crippen molar-refractivity contribution in [3.63, 3.8) is 0 Å². The van der Waals surface area contributed by atoms with Gasteiger partial charge in [-0.1, -0.05) is 6.58 Å². The van der Waals surface area contributed by atoms with Crippen LogP contribution >= 0.6 is 11.5 Å². The van der Waals surface area contributed by atoms with Crippen LogP contribution in [-0.4, -0.2) is 63.0 Å². The molecule has 3 aromatic heterocycles. The van der Waals surface area contributed by atoms with E-state index in [2.05, 4.69) is 53.0 Å². The maximum absolute atomic E-state index is 11.4. The minimum absolute atomic E-state index is 0.0375. The zero-order chi connectivity index (χ0) is 26.8. The molecular weight excluding hydrogens is 498 g/mol. The smallest absolute Gasteiger partial charge is 0.330 e. The summed E-state index contributed by atoms with van der Waals surface area (Å²) in [5.74, 6) is 0.102. The van der Waals surface area contributed by atoms with Crippen LogP contribution in [0.25, 0.3) is 5.13 Å². The molecule has 0 saturated heterocycles. The first-order valence-electron chi connectivity index (χ1n) is 10.8. The molecule has 0 amide bonds. The molecule has 0 aromatic carbocycles. The van der Waals surface area contributed by atoms with Crippen LogP contribution in [0.1, 0.15) is 23.6 Å². The minimum Gasteiger partial charge on any atom is -0.461 e. The van der Waals surface area contributed by atoms with E-state index in [1.54, 1.807) is 14.0 Å². The first kappa shape index (κ1) is 26.9. The lowest BCUT2D eigenvalue weighted by atomic mass is 10.1. The highest BCUT2D eigenvalue weighted by Crippen LogP contribution is 2.35. The lowest BCUT2D eigenvalue weighted by Crippen LogP contribution is -2.23. The number of nitrogens with zero attached hydrogens (tertiary/aromatic N) is 9. The van der Waals surface area contributed by atoms with Crippen molar-refractivity contribution in [2.45, 2.75) is 19.9 Å². The molecule has 3 rings (SSSR count). The highest BCUT2D eigenvalue weighted by Gasteiger charge is 2.19. The van der Waals surface area contributed by atoms with Gasteiger partial charge in [-0.2, -0.15) is 14.9 Å². The summed E-state index contributed by atoms with van der Waals surface area (Å²) >= 11 is 1.10. The molecule has 1 atom stereocenters. The first-order chi connectivity index (χ1) is 17.9. The number of carbonyl (C=O) groups is 1. The standard InChI is InChI=1S/C22H23N11O3S/c1-5-17(34)36-7-6-25-21-18(14(3)16(9-24)20(29-21)28-13(2)11-35-4)30-31-19-15(8-23)10-33(32-19)22-26-12-27-37-22/h5,10,12-13H,1,6-7,11H2,2-4H3,(H2,25,28,29). The summed E-state index contributed by atoms with van der Waals surface area (Å²) in [6.45, 7) is 7.57. The number of anilines is 2. The quantitative estimate of drug-likeness (QED) is 0.154. The molecule has 190 valence electrons. The summed E-state index contributed by atoms with van der Waals surface area (Å²) in [5, 5.41) is 38.8. The lowest BCUT2D eigenvalue weighted by Gasteiger charge is -2.18. The Labute approximate surface area is 216 Å². The van der Waals surface area contributed by atoms with Gasteiger partial charge in [-0.3, -0.25) is 0 Å². The molecule has 0 aliphatic rings. The normalized spacial score (nSPS) is 11.5. The van der Waals surface area contributed by atoms with Crippen LogP contribution in [0.15, 0.2) is 35.4 Å². The third kappa shape index (κ3) is 6.69. The van der Waals surface area contributed by atoms with Gasteiger partial charge in [-0.05, 0) is 13.8 Å². The molecule has 0 aliphatic carbocycles. The molecule has 2 N–H and O–H groups in total. The van der Waals surface area contributed by atoms with Crippen LogP contribution in [0.4, 0.5) is 23.1 Å². The fourth-order valence-corrected chi connectivity index (χ4v) is 3.53. The molecule has 0 fully saturated rings. The Kier molecular flexibility index (Phi) is 9.31. The van der Waals surface area contributed by atoms with Gasteiger partial charge in [-0.15, -0.1) is 15.3 Å². The highest BCUT2D eigenvalue weighted by molar-refractivity contribution is 7.07. The molecule has 15 heteroatoms. The van der Waals surface area contributed by atoms with E-state index in [0.29, 0.717) is 23.1 Å². The van der Waals surface area contributed by atoms with E-state index in [-0.39, 0.29) is 47.6 Å². The zero-order valence-corrected chi connectivity index (χ0v) is 21.1. The fraction of sp³-hybridized carbons (Fsp3) is 0.318. The van der Waals surface area contributed by atoms with Gasteiger partial charge in [0.15, 0.2) is 5.82 Å². The number of hydrogen-bond acceptors (Lipinski definition) is 14. The number of carbonyl (C=O) groups excluding carboxylic acids is 1. The summed E-state index contributed by atoms with van der Waals surface area (Å²) in [4.78, 5) is 20.0. The van der Waals surface area contributed by atoms with Crippen molar-refractivity contribution in [2.75, 3.05) is 37.5 Å². The van der Waals surface area contributed by atoms with Crippen molar-refractivity contribution >= 4 is 40.6 Å². The number of methoxy groups -OCH3 is 1. The Morgan fingerprint density at radius 3 is 2.81 bits per heavy atom. The Bertz CT molecular complexity index is 1370. The Balaban J connectivity index is 2.00. The van der Waals surface area contributed by atoms with E-state index >= 15 is 0 Å². The third-order valence-corrected chi connectivity index (χ3v) is 5.39. The number of nitriles is 2. The number of azo groups is 1. The predicted octanol–water partition coefficient (Wildman–Crippen LogP) is 3.17. The summed E-state index contributed by atoms with van der Waals surface area (Å²) in [5.41, 5.74) is 1.18. The van der Waals surface area contributed by atoms with Gasteiger partial charge in [0, 0.05) is 36.3 Å². The number of rotatable bonds is 12. The van der Waals surface area contributed by atoms with E-state index in [4.69, 9.17) is 9.47 Å². The van der Waals surface area contributed by atoms with Crippen molar-refractivity contribution in [1.29, 1.82) is 10.5 Å². The summed E-state index contributed by atoms with van der Waals surface area (Å²) in [7, 11) is 1.57. The fourth-order valence-electron chi connectivity index (χ4n) is 3.07. The molecule has 0 radical (unpaired) electrons. The van der Waals surface area contributed by atoms with Gasteiger partial charge in [0.1, 0.15) is 42.1 Å². The second-order valence-electron chi connectivity index (χ2n) is 7.42. The van der Waals surface area contributed by atoms with E-state index in [1.807, 2.05) is 13.0 Å². The molecular formula is C22H23N11O3S. The summed E-state index contributed by atoms with van der Waals surface area (Å²) in [6.07, 6.45) is 3.91.